The fraction of sp³-hybridized carbons (Fsp3) is 0.538. The molecule has 1 aromatic carbocycles. The number of hydrogen-bond donors (Lipinski definition) is 2. The van der Waals surface area contributed by atoms with Crippen LogP contribution < -0.4 is 0 Å². The van der Waals surface area contributed by atoms with Crippen LogP contribution in [-0.2, 0) is 10.0 Å². The van der Waals surface area contributed by atoms with Crippen LogP contribution in [0.1, 0.15) is 25.7 Å². The predicted octanol–water partition coefficient (Wildman–Crippen LogP) is 1.32. The van der Waals surface area contributed by atoms with Gasteiger partial charge in [0.15, 0.2) is 0 Å². The van der Waals surface area contributed by atoms with Crippen molar-refractivity contribution in [3.05, 3.63) is 24.3 Å². The Bertz CT molecular complexity index is 510. The summed E-state index contributed by atoms with van der Waals surface area (Å²) in [6.07, 6.45) is 3.10. The van der Waals surface area contributed by atoms with E-state index in [-0.39, 0.29) is 23.3 Å². The van der Waals surface area contributed by atoms with E-state index in [2.05, 4.69) is 0 Å². The minimum absolute atomic E-state index is 0.00767. The van der Waals surface area contributed by atoms with Crippen molar-refractivity contribution in [3.63, 3.8) is 0 Å². The van der Waals surface area contributed by atoms with Gasteiger partial charge in [-0.1, -0.05) is 6.42 Å². The first kappa shape index (κ1) is 14.3. The highest BCUT2D eigenvalue weighted by Gasteiger charge is 2.32. The third-order valence-electron chi connectivity index (χ3n) is 3.48. The molecule has 0 saturated carbocycles. The molecule has 6 heteroatoms. The lowest BCUT2D eigenvalue weighted by Gasteiger charge is -2.34. The second-order valence-electron chi connectivity index (χ2n) is 4.77. The van der Waals surface area contributed by atoms with Gasteiger partial charge in [0, 0.05) is 19.2 Å². The van der Waals surface area contributed by atoms with E-state index in [0.29, 0.717) is 13.0 Å². The molecular formula is C13H19NO4S. The molecule has 1 aliphatic rings. The first-order chi connectivity index (χ1) is 9.05. The Hall–Kier alpha value is -1.11. The zero-order valence-corrected chi connectivity index (χ0v) is 11.5. The minimum atomic E-state index is -3.54. The van der Waals surface area contributed by atoms with Crippen LogP contribution in [0.25, 0.3) is 0 Å². The Kier molecular flexibility index (Phi) is 4.44. The number of phenolic OH excluding ortho intramolecular Hbond substituents is 1. The van der Waals surface area contributed by atoms with E-state index in [1.807, 2.05) is 0 Å². The van der Waals surface area contributed by atoms with Gasteiger partial charge in [0.2, 0.25) is 10.0 Å². The largest absolute Gasteiger partial charge is 0.508 e. The molecule has 0 bridgehead atoms. The molecule has 1 unspecified atom stereocenters. The van der Waals surface area contributed by atoms with Crippen molar-refractivity contribution in [3.8, 4) is 5.75 Å². The van der Waals surface area contributed by atoms with Crippen molar-refractivity contribution in [2.45, 2.75) is 36.6 Å². The van der Waals surface area contributed by atoms with Crippen molar-refractivity contribution in [1.29, 1.82) is 0 Å². The summed E-state index contributed by atoms with van der Waals surface area (Å²) in [6.45, 7) is 0.486. The van der Waals surface area contributed by atoms with Crippen LogP contribution in [0.4, 0.5) is 0 Å². The highest BCUT2D eigenvalue weighted by Crippen LogP contribution is 2.27. The van der Waals surface area contributed by atoms with E-state index in [9.17, 15) is 13.5 Å². The van der Waals surface area contributed by atoms with Crippen LogP contribution in [0.15, 0.2) is 29.2 Å². The van der Waals surface area contributed by atoms with Gasteiger partial charge in [-0.25, -0.2) is 8.42 Å². The summed E-state index contributed by atoms with van der Waals surface area (Å²) in [7, 11) is -3.54. The zero-order chi connectivity index (χ0) is 13.9. The number of sulfonamides is 1. The number of hydrogen-bond acceptors (Lipinski definition) is 4. The molecule has 1 atom stereocenters. The first-order valence-electron chi connectivity index (χ1n) is 6.47. The number of nitrogens with zero attached hydrogens (tertiary/aromatic N) is 1. The summed E-state index contributed by atoms with van der Waals surface area (Å²) in [6, 6.07) is 5.44. The van der Waals surface area contributed by atoms with Gasteiger partial charge in [-0.05, 0) is 43.5 Å². The molecule has 1 aliphatic heterocycles. The molecule has 0 spiro atoms. The van der Waals surface area contributed by atoms with Gasteiger partial charge < -0.3 is 10.2 Å². The highest BCUT2D eigenvalue weighted by atomic mass is 32.2. The summed E-state index contributed by atoms with van der Waals surface area (Å²) in [5, 5.41) is 18.3. The first-order valence-corrected chi connectivity index (χ1v) is 7.91. The molecule has 0 aromatic heterocycles. The Labute approximate surface area is 113 Å². The van der Waals surface area contributed by atoms with Crippen LogP contribution in [0.2, 0.25) is 0 Å². The van der Waals surface area contributed by atoms with E-state index < -0.39 is 10.0 Å². The number of piperidine rings is 1. The number of phenols is 1. The summed E-state index contributed by atoms with van der Waals surface area (Å²) < 4.78 is 26.6. The van der Waals surface area contributed by atoms with E-state index in [1.54, 1.807) is 0 Å². The molecule has 5 nitrogen and oxygen atoms in total. The predicted molar refractivity (Wildman–Crippen MR) is 71.3 cm³/mol. The van der Waals surface area contributed by atoms with E-state index >= 15 is 0 Å². The van der Waals surface area contributed by atoms with Crippen molar-refractivity contribution in [2.75, 3.05) is 13.2 Å². The molecule has 0 radical (unpaired) electrons. The lowest BCUT2D eigenvalue weighted by Crippen LogP contribution is -2.44. The molecule has 106 valence electrons. The van der Waals surface area contributed by atoms with Crippen LogP contribution in [-0.4, -0.2) is 42.1 Å². The molecule has 1 saturated heterocycles. The van der Waals surface area contributed by atoms with Crippen LogP contribution >= 0.6 is 0 Å². The monoisotopic (exact) mass is 285 g/mol. The lowest BCUT2D eigenvalue weighted by atomic mass is 10.0. The van der Waals surface area contributed by atoms with Gasteiger partial charge in [-0.15, -0.1) is 0 Å². The van der Waals surface area contributed by atoms with Crippen LogP contribution in [0.3, 0.4) is 0 Å². The fourth-order valence-corrected chi connectivity index (χ4v) is 4.21. The second-order valence-corrected chi connectivity index (χ2v) is 6.66. The third kappa shape index (κ3) is 3.08. The summed E-state index contributed by atoms with van der Waals surface area (Å²) in [5.74, 6) is 0.0458. The third-order valence-corrected chi connectivity index (χ3v) is 5.44. The van der Waals surface area contributed by atoms with Crippen molar-refractivity contribution >= 4 is 10.0 Å². The normalized spacial score (nSPS) is 21.4. The molecule has 0 amide bonds. The van der Waals surface area contributed by atoms with E-state index in [1.165, 1.54) is 28.6 Å². The number of benzene rings is 1. The summed E-state index contributed by atoms with van der Waals surface area (Å²) >= 11 is 0. The molecule has 19 heavy (non-hydrogen) atoms. The molecule has 1 aromatic rings. The minimum Gasteiger partial charge on any atom is -0.508 e. The van der Waals surface area contributed by atoms with Crippen LogP contribution in [0, 0.1) is 0 Å². The molecule has 1 fully saturated rings. The second kappa shape index (κ2) is 5.90. The fourth-order valence-electron chi connectivity index (χ4n) is 2.48. The molecule has 0 aliphatic carbocycles. The number of rotatable bonds is 4. The Morgan fingerprint density at radius 2 is 1.89 bits per heavy atom. The average Bonchev–Trinajstić information content (AvgIpc) is 2.40. The number of aliphatic hydroxyl groups excluding tert-OH is 1. The Balaban J connectivity index is 2.28. The van der Waals surface area contributed by atoms with Crippen molar-refractivity contribution < 1.29 is 18.6 Å². The van der Waals surface area contributed by atoms with Crippen molar-refractivity contribution in [2.24, 2.45) is 0 Å². The van der Waals surface area contributed by atoms with Gasteiger partial charge in [0.25, 0.3) is 0 Å². The van der Waals surface area contributed by atoms with Gasteiger partial charge in [0.1, 0.15) is 5.75 Å². The molecule has 1 heterocycles. The zero-order valence-electron chi connectivity index (χ0n) is 10.7. The van der Waals surface area contributed by atoms with E-state index in [4.69, 9.17) is 5.11 Å². The standard InChI is InChI=1S/C13H19NO4S/c15-10-8-11-3-1-2-9-14(11)19(17,18)13-6-4-12(16)5-7-13/h4-7,11,15-16H,1-3,8-10H2. The molecular weight excluding hydrogens is 266 g/mol. The number of aromatic hydroxyl groups is 1. The maximum atomic E-state index is 12.5. The summed E-state index contributed by atoms with van der Waals surface area (Å²) in [5.41, 5.74) is 0. The lowest BCUT2D eigenvalue weighted by molar-refractivity contribution is 0.192. The SMILES string of the molecule is O=S(=O)(c1ccc(O)cc1)N1CCCCC1CCO. The molecule has 2 rings (SSSR count). The topological polar surface area (TPSA) is 77.8 Å². The number of aliphatic hydroxyl groups is 1. The maximum Gasteiger partial charge on any atom is 0.243 e. The Morgan fingerprint density at radius 1 is 1.21 bits per heavy atom. The highest BCUT2D eigenvalue weighted by molar-refractivity contribution is 7.89. The van der Waals surface area contributed by atoms with Gasteiger partial charge >= 0.3 is 0 Å². The smallest absolute Gasteiger partial charge is 0.243 e. The molecule has 2 N–H and O–H groups in total. The van der Waals surface area contributed by atoms with Gasteiger partial charge in [0.05, 0.1) is 4.90 Å². The summed E-state index contributed by atoms with van der Waals surface area (Å²) in [4.78, 5) is 0.190. The maximum absolute atomic E-state index is 12.5. The van der Waals surface area contributed by atoms with Gasteiger partial charge in [-0.3, -0.25) is 0 Å². The van der Waals surface area contributed by atoms with Gasteiger partial charge in [-0.2, -0.15) is 4.31 Å². The quantitative estimate of drug-likeness (QED) is 0.874. The van der Waals surface area contributed by atoms with E-state index in [0.717, 1.165) is 19.3 Å². The van der Waals surface area contributed by atoms with Crippen LogP contribution in [0.5, 0.6) is 5.75 Å². The average molecular weight is 285 g/mol. The van der Waals surface area contributed by atoms with Crippen molar-refractivity contribution in [1.82, 2.24) is 4.31 Å². The Morgan fingerprint density at radius 3 is 2.53 bits per heavy atom.